The van der Waals surface area contributed by atoms with Crippen LogP contribution in [-0.4, -0.2) is 54.8 Å². The van der Waals surface area contributed by atoms with E-state index in [1.165, 1.54) is 6.07 Å². The smallest absolute Gasteiger partial charge is 0.228 e. The summed E-state index contributed by atoms with van der Waals surface area (Å²) in [6.07, 6.45) is 0.959. The summed E-state index contributed by atoms with van der Waals surface area (Å²) in [4.78, 5) is 31.3. The van der Waals surface area contributed by atoms with Crippen LogP contribution < -0.4 is 4.90 Å². The molecule has 2 aromatic rings. The molecule has 0 saturated carbocycles. The summed E-state index contributed by atoms with van der Waals surface area (Å²) >= 11 is 0. The fraction of sp³-hybridized carbons (Fsp3) is 0.391. The van der Waals surface area contributed by atoms with Crippen molar-refractivity contribution in [3.05, 3.63) is 66.0 Å². The van der Waals surface area contributed by atoms with Gasteiger partial charge in [0, 0.05) is 39.6 Å². The first-order valence-corrected chi connectivity index (χ1v) is 10.1. The van der Waals surface area contributed by atoms with Gasteiger partial charge in [0.15, 0.2) is 0 Å². The zero-order chi connectivity index (χ0) is 20.4. The van der Waals surface area contributed by atoms with Crippen LogP contribution in [0.3, 0.4) is 0 Å². The number of rotatable bonds is 3. The molecule has 2 atom stereocenters. The van der Waals surface area contributed by atoms with Gasteiger partial charge in [-0.25, -0.2) is 4.39 Å². The Morgan fingerprint density at radius 3 is 2.31 bits per heavy atom. The molecule has 6 heteroatoms. The van der Waals surface area contributed by atoms with Gasteiger partial charge in [0.05, 0.1) is 17.6 Å². The van der Waals surface area contributed by atoms with Crippen molar-refractivity contribution in [1.82, 2.24) is 9.80 Å². The van der Waals surface area contributed by atoms with Gasteiger partial charge < -0.3 is 14.7 Å². The molecule has 2 saturated heterocycles. The maximum atomic E-state index is 14.1. The van der Waals surface area contributed by atoms with Crippen molar-refractivity contribution >= 4 is 17.5 Å². The summed E-state index contributed by atoms with van der Waals surface area (Å²) in [5.74, 6) is -0.317. The summed E-state index contributed by atoms with van der Waals surface area (Å²) in [5, 5.41) is 0. The lowest BCUT2D eigenvalue weighted by Crippen LogP contribution is -2.53. The van der Waals surface area contributed by atoms with Crippen LogP contribution in [-0.2, 0) is 9.59 Å². The van der Waals surface area contributed by atoms with Crippen LogP contribution in [0.15, 0.2) is 54.6 Å². The zero-order valence-electron chi connectivity index (χ0n) is 16.6. The van der Waals surface area contributed by atoms with Crippen LogP contribution in [0.5, 0.6) is 0 Å². The lowest BCUT2D eigenvalue weighted by atomic mass is 9.83. The van der Waals surface area contributed by atoms with E-state index in [0.29, 0.717) is 44.7 Å². The van der Waals surface area contributed by atoms with Gasteiger partial charge in [-0.2, -0.15) is 0 Å². The van der Waals surface area contributed by atoms with E-state index in [4.69, 9.17) is 0 Å². The first-order valence-electron chi connectivity index (χ1n) is 10.1. The van der Waals surface area contributed by atoms with E-state index in [0.717, 1.165) is 5.56 Å². The third kappa shape index (κ3) is 3.84. The Morgan fingerprint density at radius 2 is 1.62 bits per heavy atom. The molecule has 2 amide bonds. The Morgan fingerprint density at radius 1 is 0.966 bits per heavy atom. The minimum absolute atomic E-state index is 0.0762. The van der Waals surface area contributed by atoms with Crippen LogP contribution in [0.4, 0.5) is 10.1 Å². The monoisotopic (exact) mass is 395 g/mol. The summed E-state index contributed by atoms with van der Waals surface area (Å²) in [6.45, 7) is 2.32. The first-order chi connectivity index (χ1) is 14.1. The van der Waals surface area contributed by atoms with Crippen LogP contribution in [0.1, 0.15) is 24.4 Å². The molecular weight excluding hydrogens is 369 g/mol. The van der Waals surface area contributed by atoms with E-state index in [2.05, 4.69) is 0 Å². The minimum Gasteiger partial charge on any atom is -0.366 e. The Kier molecular flexibility index (Phi) is 5.51. The molecule has 29 heavy (non-hydrogen) atoms. The molecule has 5 nitrogen and oxygen atoms in total. The highest BCUT2D eigenvalue weighted by Crippen LogP contribution is 2.37. The molecular formula is C23H26FN3O2. The molecule has 2 fully saturated rings. The molecule has 2 aliphatic heterocycles. The maximum Gasteiger partial charge on any atom is 0.228 e. The lowest BCUT2D eigenvalue weighted by Gasteiger charge is -2.43. The number of likely N-dealkylation sites (tertiary alicyclic amines) is 1. The topological polar surface area (TPSA) is 43.9 Å². The van der Waals surface area contributed by atoms with Crippen LogP contribution in [0.2, 0.25) is 0 Å². The summed E-state index contributed by atoms with van der Waals surface area (Å²) in [6, 6.07) is 16.3. The van der Waals surface area contributed by atoms with Gasteiger partial charge >= 0.3 is 0 Å². The van der Waals surface area contributed by atoms with E-state index in [1.54, 1.807) is 24.1 Å². The van der Waals surface area contributed by atoms with Gasteiger partial charge in [-0.1, -0.05) is 42.5 Å². The van der Waals surface area contributed by atoms with E-state index in [-0.39, 0.29) is 29.6 Å². The number of carbonyl (C=O) groups is 2. The Balaban J connectivity index is 1.48. The fourth-order valence-electron chi connectivity index (χ4n) is 4.51. The first kappa shape index (κ1) is 19.4. The molecule has 0 unspecified atom stereocenters. The quantitative estimate of drug-likeness (QED) is 0.802. The predicted octanol–water partition coefficient (Wildman–Crippen LogP) is 3.08. The average molecular weight is 395 g/mol. The molecule has 0 N–H and O–H groups in total. The second-order valence-electron chi connectivity index (χ2n) is 7.77. The Labute approximate surface area is 170 Å². The number of nitrogens with zero attached hydrogens (tertiary/aromatic N) is 3. The second kappa shape index (κ2) is 8.23. The van der Waals surface area contributed by atoms with Crippen molar-refractivity contribution in [2.75, 3.05) is 38.1 Å². The van der Waals surface area contributed by atoms with Crippen LogP contribution in [0, 0.1) is 11.7 Å². The molecule has 2 heterocycles. The maximum absolute atomic E-state index is 14.1. The highest BCUT2D eigenvalue weighted by Gasteiger charge is 2.41. The molecule has 0 radical (unpaired) electrons. The highest BCUT2D eigenvalue weighted by molar-refractivity contribution is 5.85. The lowest BCUT2D eigenvalue weighted by molar-refractivity contribution is -0.146. The number of anilines is 1. The van der Waals surface area contributed by atoms with Gasteiger partial charge in [0.25, 0.3) is 0 Å². The van der Waals surface area contributed by atoms with Crippen molar-refractivity contribution in [2.45, 2.75) is 18.9 Å². The number of amides is 2. The van der Waals surface area contributed by atoms with Gasteiger partial charge in [-0.3, -0.25) is 9.59 Å². The summed E-state index contributed by atoms with van der Waals surface area (Å²) in [7, 11) is 1.79. The number of para-hydroxylation sites is 1. The fourth-order valence-corrected chi connectivity index (χ4v) is 4.51. The summed E-state index contributed by atoms with van der Waals surface area (Å²) in [5.41, 5.74) is 1.58. The molecule has 0 spiro atoms. The van der Waals surface area contributed by atoms with Crippen molar-refractivity contribution < 1.29 is 14.0 Å². The molecule has 0 bridgehead atoms. The largest absolute Gasteiger partial charge is 0.366 e. The van der Waals surface area contributed by atoms with Crippen molar-refractivity contribution in [1.29, 1.82) is 0 Å². The molecule has 152 valence electrons. The van der Waals surface area contributed by atoms with Crippen LogP contribution >= 0.6 is 0 Å². The SMILES string of the molecule is CN1C(=O)CC[C@H](C(=O)N2CCN(c3ccccc3F)CC2)[C@H]1c1ccccc1. The number of piperidine rings is 1. The molecule has 4 rings (SSSR count). The van der Waals surface area contributed by atoms with Crippen LogP contribution in [0.25, 0.3) is 0 Å². The average Bonchev–Trinajstić information content (AvgIpc) is 2.76. The number of hydrogen-bond acceptors (Lipinski definition) is 3. The number of carbonyl (C=O) groups excluding carboxylic acids is 2. The van der Waals surface area contributed by atoms with Gasteiger partial charge in [-0.15, -0.1) is 0 Å². The van der Waals surface area contributed by atoms with E-state index in [9.17, 15) is 14.0 Å². The molecule has 2 aliphatic rings. The van der Waals surface area contributed by atoms with Crippen molar-refractivity contribution in [2.24, 2.45) is 5.92 Å². The molecule has 0 aliphatic carbocycles. The van der Waals surface area contributed by atoms with E-state index >= 15 is 0 Å². The van der Waals surface area contributed by atoms with Gasteiger partial charge in [-0.05, 0) is 24.1 Å². The van der Waals surface area contributed by atoms with E-state index < -0.39 is 0 Å². The third-order valence-electron chi connectivity index (χ3n) is 6.10. The molecule has 2 aromatic carbocycles. The second-order valence-corrected chi connectivity index (χ2v) is 7.77. The number of benzene rings is 2. The summed E-state index contributed by atoms with van der Waals surface area (Å²) < 4.78 is 14.1. The number of piperazine rings is 1. The Hall–Kier alpha value is -2.89. The Bertz CT molecular complexity index is 881. The third-order valence-corrected chi connectivity index (χ3v) is 6.10. The van der Waals surface area contributed by atoms with E-state index in [1.807, 2.05) is 46.2 Å². The van der Waals surface area contributed by atoms with Gasteiger partial charge in [0.1, 0.15) is 5.82 Å². The van der Waals surface area contributed by atoms with Crippen molar-refractivity contribution in [3.8, 4) is 0 Å². The predicted molar refractivity (Wildman–Crippen MR) is 110 cm³/mol. The molecule has 0 aromatic heterocycles. The zero-order valence-corrected chi connectivity index (χ0v) is 16.6. The van der Waals surface area contributed by atoms with Crippen molar-refractivity contribution in [3.63, 3.8) is 0 Å². The number of halogens is 1. The van der Waals surface area contributed by atoms with Gasteiger partial charge in [0.2, 0.25) is 11.8 Å². The normalized spacial score (nSPS) is 22.7. The minimum atomic E-state index is -0.250. The standard InChI is InChI=1S/C23H26FN3O2/c1-25-21(28)12-11-18(22(25)17-7-3-2-4-8-17)23(29)27-15-13-26(14-16-27)20-10-6-5-9-19(20)24/h2-10,18,22H,11-16H2,1H3/t18-,22+/m0/s1. The highest BCUT2D eigenvalue weighted by atomic mass is 19.1. The number of hydrogen-bond donors (Lipinski definition) is 0.